The molecule has 0 saturated carbocycles. The molecule has 2 aliphatic rings. The molecule has 2 aliphatic heterocycles. The minimum Gasteiger partial charge on any atom is -0.356 e. The number of rotatable bonds is 6. The van der Waals surface area contributed by atoms with Gasteiger partial charge in [0.25, 0.3) is 0 Å². The third kappa shape index (κ3) is 6.30. The van der Waals surface area contributed by atoms with Crippen molar-refractivity contribution in [1.29, 1.82) is 0 Å². The van der Waals surface area contributed by atoms with E-state index in [9.17, 15) is 0 Å². The summed E-state index contributed by atoms with van der Waals surface area (Å²) >= 11 is 0. The zero-order valence-electron chi connectivity index (χ0n) is 15.6. The molecule has 0 aliphatic carbocycles. The van der Waals surface area contributed by atoms with Crippen LogP contribution in [0.4, 0.5) is 0 Å². The lowest BCUT2D eigenvalue weighted by atomic mass is 10.0. The Morgan fingerprint density at radius 2 is 1.74 bits per heavy atom. The smallest absolute Gasteiger partial charge is 0.191 e. The van der Waals surface area contributed by atoms with Crippen molar-refractivity contribution in [3.63, 3.8) is 0 Å². The van der Waals surface area contributed by atoms with Gasteiger partial charge in [0, 0.05) is 45.3 Å². The molecule has 2 fully saturated rings. The third-order valence-electron chi connectivity index (χ3n) is 5.21. The van der Waals surface area contributed by atoms with E-state index >= 15 is 0 Å². The SMILES string of the molecule is CN=C(NCC(C)CN1CCCC1)NC1CCN(C(C)C)CC1. The number of guanidine groups is 1. The first-order valence-electron chi connectivity index (χ1n) is 9.52. The first-order chi connectivity index (χ1) is 11.1. The van der Waals surface area contributed by atoms with Crippen molar-refractivity contribution in [3.05, 3.63) is 0 Å². The van der Waals surface area contributed by atoms with Gasteiger partial charge in [-0.1, -0.05) is 6.92 Å². The number of nitrogens with one attached hydrogen (secondary N) is 2. The van der Waals surface area contributed by atoms with E-state index in [0.717, 1.165) is 12.5 Å². The Morgan fingerprint density at radius 3 is 2.30 bits per heavy atom. The predicted octanol–water partition coefficient (Wildman–Crippen LogP) is 1.76. The fraction of sp³-hybridized carbons (Fsp3) is 0.944. The lowest BCUT2D eigenvalue weighted by molar-refractivity contribution is 0.167. The van der Waals surface area contributed by atoms with Crippen LogP contribution in [0, 0.1) is 5.92 Å². The zero-order valence-corrected chi connectivity index (χ0v) is 15.6. The van der Waals surface area contributed by atoms with Crippen molar-refractivity contribution in [2.24, 2.45) is 10.9 Å². The highest BCUT2D eigenvalue weighted by Gasteiger charge is 2.21. The number of nitrogens with zero attached hydrogens (tertiary/aromatic N) is 3. The zero-order chi connectivity index (χ0) is 16.7. The van der Waals surface area contributed by atoms with Gasteiger partial charge in [0.2, 0.25) is 0 Å². The van der Waals surface area contributed by atoms with Gasteiger partial charge >= 0.3 is 0 Å². The third-order valence-corrected chi connectivity index (χ3v) is 5.21. The monoisotopic (exact) mass is 323 g/mol. The van der Waals surface area contributed by atoms with Gasteiger partial charge in [-0.15, -0.1) is 0 Å². The largest absolute Gasteiger partial charge is 0.356 e. The van der Waals surface area contributed by atoms with Crippen molar-refractivity contribution in [2.75, 3.05) is 46.3 Å². The summed E-state index contributed by atoms with van der Waals surface area (Å²) in [6.07, 6.45) is 5.17. The number of likely N-dealkylation sites (tertiary alicyclic amines) is 2. The molecule has 0 bridgehead atoms. The van der Waals surface area contributed by atoms with E-state index in [2.05, 4.69) is 46.2 Å². The van der Waals surface area contributed by atoms with Gasteiger partial charge < -0.3 is 20.4 Å². The minimum atomic E-state index is 0.560. The summed E-state index contributed by atoms with van der Waals surface area (Å²) in [7, 11) is 1.88. The van der Waals surface area contributed by atoms with E-state index in [1.54, 1.807) is 0 Å². The van der Waals surface area contributed by atoms with Crippen molar-refractivity contribution in [3.8, 4) is 0 Å². The Balaban J connectivity index is 1.65. The molecule has 0 aromatic carbocycles. The number of hydrogen-bond acceptors (Lipinski definition) is 3. The summed E-state index contributed by atoms with van der Waals surface area (Å²) < 4.78 is 0. The topological polar surface area (TPSA) is 42.9 Å². The van der Waals surface area contributed by atoms with Crippen LogP contribution in [-0.2, 0) is 0 Å². The Labute approximate surface area is 142 Å². The molecule has 1 unspecified atom stereocenters. The van der Waals surface area contributed by atoms with Crippen LogP contribution in [0.1, 0.15) is 46.5 Å². The van der Waals surface area contributed by atoms with Crippen LogP contribution in [0.15, 0.2) is 4.99 Å². The maximum absolute atomic E-state index is 4.41. The van der Waals surface area contributed by atoms with Gasteiger partial charge in [-0.2, -0.15) is 0 Å². The molecule has 2 N–H and O–H groups in total. The maximum Gasteiger partial charge on any atom is 0.191 e. The summed E-state index contributed by atoms with van der Waals surface area (Å²) in [5, 5.41) is 7.14. The molecule has 2 saturated heterocycles. The van der Waals surface area contributed by atoms with Gasteiger partial charge in [-0.05, 0) is 58.5 Å². The number of aliphatic imine (C=N–C) groups is 1. The highest BCUT2D eigenvalue weighted by Crippen LogP contribution is 2.13. The molecule has 134 valence electrons. The lowest BCUT2D eigenvalue weighted by Crippen LogP contribution is -2.50. The summed E-state index contributed by atoms with van der Waals surface area (Å²) in [6.45, 7) is 14.1. The summed E-state index contributed by atoms with van der Waals surface area (Å²) in [5.41, 5.74) is 0. The van der Waals surface area contributed by atoms with Crippen LogP contribution in [0.5, 0.6) is 0 Å². The number of piperidine rings is 1. The first-order valence-corrected chi connectivity index (χ1v) is 9.52. The second-order valence-corrected chi connectivity index (χ2v) is 7.61. The van der Waals surface area contributed by atoms with Crippen molar-refractivity contribution < 1.29 is 0 Å². The lowest BCUT2D eigenvalue weighted by Gasteiger charge is -2.35. The quantitative estimate of drug-likeness (QED) is 0.577. The molecule has 23 heavy (non-hydrogen) atoms. The maximum atomic E-state index is 4.41. The van der Waals surface area contributed by atoms with Crippen LogP contribution < -0.4 is 10.6 Å². The first kappa shape index (κ1) is 18.5. The second-order valence-electron chi connectivity index (χ2n) is 7.61. The Morgan fingerprint density at radius 1 is 1.09 bits per heavy atom. The Hall–Kier alpha value is -0.810. The summed E-state index contributed by atoms with van der Waals surface area (Å²) in [6, 6.07) is 1.23. The predicted molar refractivity (Wildman–Crippen MR) is 99.1 cm³/mol. The highest BCUT2D eigenvalue weighted by atomic mass is 15.2. The molecular formula is C18H37N5. The van der Waals surface area contributed by atoms with Crippen molar-refractivity contribution >= 4 is 5.96 Å². The van der Waals surface area contributed by atoms with E-state index < -0.39 is 0 Å². The van der Waals surface area contributed by atoms with E-state index in [4.69, 9.17) is 0 Å². The number of hydrogen-bond donors (Lipinski definition) is 2. The molecule has 2 heterocycles. The van der Waals surface area contributed by atoms with Crippen LogP contribution >= 0.6 is 0 Å². The van der Waals surface area contributed by atoms with Crippen molar-refractivity contribution in [1.82, 2.24) is 20.4 Å². The van der Waals surface area contributed by atoms with Gasteiger partial charge in [-0.25, -0.2) is 0 Å². The summed E-state index contributed by atoms with van der Waals surface area (Å²) in [4.78, 5) is 9.56. The van der Waals surface area contributed by atoms with Crippen LogP contribution in [0.2, 0.25) is 0 Å². The van der Waals surface area contributed by atoms with E-state index in [1.807, 2.05) is 7.05 Å². The average Bonchev–Trinajstić information content (AvgIpc) is 3.04. The standard InChI is InChI=1S/C18H37N5/c1-15(2)23-11-7-17(8-12-23)21-18(19-4)20-13-16(3)14-22-9-5-6-10-22/h15-17H,5-14H2,1-4H3,(H2,19,20,21). The van der Waals surface area contributed by atoms with Gasteiger partial charge in [0.1, 0.15) is 0 Å². The van der Waals surface area contributed by atoms with Crippen molar-refractivity contribution in [2.45, 2.75) is 58.5 Å². The molecule has 5 heteroatoms. The molecule has 0 spiro atoms. The molecule has 2 rings (SSSR count). The van der Waals surface area contributed by atoms with E-state index in [1.165, 1.54) is 58.4 Å². The van der Waals surface area contributed by atoms with Crippen LogP contribution in [0.3, 0.4) is 0 Å². The summed E-state index contributed by atoms with van der Waals surface area (Å²) in [5.74, 6) is 1.63. The minimum absolute atomic E-state index is 0.560. The molecular weight excluding hydrogens is 286 g/mol. The fourth-order valence-corrected chi connectivity index (χ4v) is 3.69. The van der Waals surface area contributed by atoms with E-state index in [0.29, 0.717) is 18.0 Å². The van der Waals surface area contributed by atoms with E-state index in [-0.39, 0.29) is 0 Å². The Kier molecular flexibility index (Phi) is 7.63. The molecule has 0 radical (unpaired) electrons. The van der Waals surface area contributed by atoms with Gasteiger partial charge in [0.05, 0.1) is 0 Å². The normalized spacial score (nSPS) is 23.4. The Bertz CT molecular complexity index is 354. The molecule has 0 aromatic rings. The average molecular weight is 324 g/mol. The highest BCUT2D eigenvalue weighted by molar-refractivity contribution is 5.79. The second kappa shape index (κ2) is 9.48. The fourth-order valence-electron chi connectivity index (χ4n) is 3.69. The molecule has 5 nitrogen and oxygen atoms in total. The van der Waals surface area contributed by atoms with Crippen LogP contribution in [0.25, 0.3) is 0 Å². The molecule has 0 aromatic heterocycles. The van der Waals surface area contributed by atoms with Gasteiger partial charge in [0.15, 0.2) is 5.96 Å². The van der Waals surface area contributed by atoms with Crippen LogP contribution in [-0.4, -0.2) is 74.2 Å². The molecule has 0 amide bonds. The van der Waals surface area contributed by atoms with Gasteiger partial charge in [-0.3, -0.25) is 4.99 Å². The molecule has 1 atom stereocenters.